The normalized spacial score (nSPS) is 41.9. The molecule has 0 aromatic heterocycles. The summed E-state index contributed by atoms with van der Waals surface area (Å²) < 4.78 is 17.0. The molecule has 6 nitrogen and oxygen atoms in total. The summed E-state index contributed by atoms with van der Waals surface area (Å²) in [5.41, 5.74) is 0.00675. The van der Waals surface area contributed by atoms with E-state index in [2.05, 4.69) is 32.9 Å². The zero-order valence-electron chi connectivity index (χ0n) is 23.1. The van der Waals surface area contributed by atoms with Crippen molar-refractivity contribution in [3.05, 3.63) is 12.2 Å². The van der Waals surface area contributed by atoms with Gasteiger partial charge >= 0.3 is 17.9 Å². The van der Waals surface area contributed by atoms with Crippen LogP contribution >= 0.6 is 0 Å². The van der Waals surface area contributed by atoms with Gasteiger partial charge in [0.05, 0.1) is 6.61 Å². The van der Waals surface area contributed by atoms with Crippen LogP contribution < -0.4 is 0 Å². The zero-order chi connectivity index (χ0) is 26.3. The summed E-state index contributed by atoms with van der Waals surface area (Å²) in [5.74, 6) is 1.99. The van der Waals surface area contributed by atoms with Crippen LogP contribution in [-0.2, 0) is 28.6 Å². The van der Waals surface area contributed by atoms with Crippen LogP contribution in [0.15, 0.2) is 12.2 Å². The lowest BCUT2D eigenvalue weighted by Gasteiger charge is -2.61. The van der Waals surface area contributed by atoms with Crippen LogP contribution in [-0.4, -0.2) is 36.7 Å². The van der Waals surface area contributed by atoms with Crippen molar-refractivity contribution in [2.45, 2.75) is 105 Å². The number of allylic oxidation sites excluding steroid dienone is 2. The average Bonchev–Trinajstić information content (AvgIpc) is 3.16. The minimum atomic E-state index is -0.199. The van der Waals surface area contributed by atoms with Gasteiger partial charge in [-0.2, -0.15) is 0 Å². The molecule has 3 fully saturated rings. The molecule has 0 aromatic rings. The largest absolute Gasteiger partial charge is 0.466 e. The van der Waals surface area contributed by atoms with E-state index in [1.807, 2.05) is 6.92 Å². The van der Waals surface area contributed by atoms with E-state index < -0.39 is 0 Å². The molecule has 10 atom stereocenters. The molecule has 4 aliphatic carbocycles. The molecule has 4 aliphatic rings. The van der Waals surface area contributed by atoms with Crippen LogP contribution in [0.25, 0.3) is 0 Å². The second-order valence-electron chi connectivity index (χ2n) is 12.5. The van der Waals surface area contributed by atoms with Crippen molar-refractivity contribution in [1.82, 2.24) is 0 Å². The maximum absolute atomic E-state index is 12.3. The number of carbonyl (C=O) groups excluding carboxylic acids is 3. The minimum Gasteiger partial charge on any atom is -0.466 e. The Hall–Kier alpha value is -1.85. The molecule has 0 aliphatic heterocycles. The monoisotopic (exact) mass is 502 g/mol. The van der Waals surface area contributed by atoms with Gasteiger partial charge in [0.25, 0.3) is 0 Å². The second kappa shape index (κ2) is 10.5. The molecule has 0 heterocycles. The Kier molecular flexibility index (Phi) is 7.92. The van der Waals surface area contributed by atoms with Crippen molar-refractivity contribution in [2.24, 2.45) is 46.3 Å². The lowest BCUT2D eigenvalue weighted by molar-refractivity contribution is -0.183. The standard InChI is InChI=1S/C30H46O6/c1-7-34-28(33)13-8-18(2)24-11-12-25-23-10-9-21-16-22(35-19(3)31)14-15-29(21,5)26(23)17-27(30(24,25)6)36-20(4)32/h9-10,18,21-27H,7-8,11-17H2,1-6H3/t18-,21+,22-,23-,24+,25-,26-,27-,29-,30+/m0/s1. The molecule has 4 rings (SSSR count). The van der Waals surface area contributed by atoms with Gasteiger partial charge in [0.1, 0.15) is 12.2 Å². The summed E-state index contributed by atoms with van der Waals surface area (Å²) in [6.45, 7) is 12.3. The first kappa shape index (κ1) is 27.2. The molecule has 0 bridgehead atoms. The van der Waals surface area contributed by atoms with Crippen molar-refractivity contribution < 1.29 is 28.6 Å². The predicted molar refractivity (Wildman–Crippen MR) is 137 cm³/mol. The highest BCUT2D eigenvalue weighted by molar-refractivity contribution is 5.69. The van der Waals surface area contributed by atoms with Crippen LogP contribution in [0.4, 0.5) is 0 Å². The highest BCUT2D eigenvalue weighted by atomic mass is 16.5. The molecule has 3 saturated carbocycles. The van der Waals surface area contributed by atoms with E-state index in [9.17, 15) is 14.4 Å². The summed E-state index contributed by atoms with van der Waals surface area (Å²) in [6.07, 6.45) is 11.9. The van der Waals surface area contributed by atoms with E-state index in [4.69, 9.17) is 14.2 Å². The van der Waals surface area contributed by atoms with E-state index in [1.165, 1.54) is 13.8 Å². The van der Waals surface area contributed by atoms with E-state index in [-0.39, 0.29) is 40.9 Å². The van der Waals surface area contributed by atoms with E-state index in [0.717, 1.165) is 44.9 Å². The van der Waals surface area contributed by atoms with Crippen molar-refractivity contribution in [1.29, 1.82) is 0 Å². The third-order valence-electron chi connectivity index (χ3n) is 10.7. The van der Waals surface area contributed by atoms with E-state index in [0.29, 0.717) is 48.5 Å². The molecule has 0 saturated heterocycles. The summed E-state index contributed by atoms with van der Waals surface area (Å²) >= 11 is 0. The molecular formula is C30H46O6. The number of rotatable bonds is 7. The van der Waals surface area contributed by atoms with Crippen molar-refractivity contribution >= 4 is 17.9 Å². The molecule has 0 radical (unpaired) electrons. The fraction of sp³-hybridized carbons (Fsp3) is 0.833. The first-order chi connectivity index (χ1) is 17.0. The van der Waals surface area contributed by atoms with E-state index in [1.54, 1.807) is 0 Å². The van der Waals surface area contributed by atoms with Gasteiger partial charge in [-0.25, -0.2) is 0 Å². The highest BCUT2D eigenvalue weighted by Crippen LogP contribution is 2.67. The fourth-order valence-corrected chi connectivity index (χ4v) is 8.98. The fourth-order valence-electron chi connectivity index (χ4n) is 8.98. The number of fused-ring (bicyclic) bond motifs is 5. The lowest BCUT2D eigenvalue weighted by atomic mass is 9.45. The number of hydrogen-bond acceptors (Lipinski definition) is 6. The van der Waals surface area contributed by atoms with Crippen LogP contribution in [0.5, 0.6) is 0 Å². The molecule has 0 amide bonds. The first-order valence-corrected chi connectivity index (χ1v) is 14.2. The van der Waals surface area contributed by atoms with Gasteiger partial charge in [-0.15, -0.1) is 0 Å². The van der Waals surface area contributed by atoms with Gasteiger partial charge in [-0.05, 0) is 92.8 Å². The van der Waals surface area contributed by atoms with Crippen LogP contribution in [0, 0.1) is 46.3 Å². The highest BCUT2D eigenvalue weighted by Gasteiger charge is 2.64. The minimum absolute atomic E-state index is 0.00370. The molecule has 6 heteroatoms. The van der Waals surface area contributed by atoms with Crippen molar-refractivity contribution in [2.75, 3.05) is 6.61 Å². The van der Waals surface area contributed by atoms with Gasteiger partial charge in [-0.3, -0.25) is 14.4 Å². The number of ether oxygens (including phenoxy) is 3. The molecular weight excluding hydrogens is 456 g/mol. The predicted octanol–water partition coefficient (Wildman–Crippen LogP) is 5.87. The first-order valence-electron chi connectivity index (χ1n) is 14.2. The quantitative estimate of drug-likeness (QED) is 0.246. The average molecular weight is 503 g/mol. The van der Waals surface area contributed by atoms with Crippen molar-refractivity contribution in [3.63, 3.8) is 0 Å². The Morgan fingerprint density at radius 2 is 1.69 bits per heavy atom. The summed E-state index contributed by atoms with van der Waals surface area (Å²) in [7, 11) is 0. The SMILES string of the molecule is CCOC(=O)CC[C@H](C)[C@H]1CC[C@H]2[C@@H]3C=C[C@@H]4C[C@@H](OC(C)=O)CC[C@]4(C)[C@H]3C[C@H](OC(C)=O)[C@]12C. The Bertz CT molecular complexity index is 881. The Morgan fingerprint density at radius 1 is 0.972 bits per heavy atom. The molecule has 202 valence electrons. The van der Waals surface area contributed by atoms with E-state index >= 15 is 0 Å². The third kappa shape index (κ3) is 4.86. The van der Waals surface area contributed by atoms with Gasteiger partial charge in [0.15, 0.2) is 0 Å². The Labute approximate surface area is 216 Å². The van der Waals surface area contributed by atoms with Crippen LogP contribution in [0.2, 0.25) is 0 Å². The van der Waals surface area contributed by atoms with Gasteiger partial charge in [0, 0.05) is 25.7 Å². The molecule has 0 N–H and O–H groups in total. The molecule has 0 aromatic carbocycles. The third-order valence-corrected chi connectivity index (χ3v) is 10.7. The van der Waals surface area contributed by atoms with Crippen LogP contribution in [0.1, 0.15) is 92.9 Å². The Balaban J connectivity index is 1.59. The number of hydrogen-bond donors (Lipinski definition) is 0. The summed E-state index contributed by atoms with van der Waals surface area (Å²) in [6, 6.07) is 0. The summed E-state index contributed by atoms with van der Waals surface area (Å²) in [5, 5.41) is 0. The molecule has 0 spiro atoms. The van der Waals surface area contributed by atoms with Gasteiger partial charge in [0.2, 0.25) is 0 Å². The smallest absolute Gasteiger partial charge is 0.305 e. The topological polar surface area (TPSA) is 78.9 Å². The number of esters is 3. The maximum Gasteiger partial charge on any atom is 0.305 e. The zero-order valence-corrected chi connectivity index (χ0v) is 23.1. The van der Waals surface area contributed by atoms with Crippen LogP contribution in [0.3, 0.4) is 0 Å². The Morgan fingerprint density at radius 3 is 2.36 bits per heavy atom. The maximum atomic E-state index is 12.3. The molecule has 36 heavy (non-hydrogen) atoms. The lowest BCUT2D eigenvalue weighted by Crippen LogP contribution is -2.58. The summed E-state index contributed by atoms with van der Waals surface area (Å²) in [4.78, 5) is 35.9. The van der Waals surface area contributed by atoms with Gasteiger partial charge < -0.3 is 14.2 Å². The van der Waals surface area contributed by atoms with Crippen molar-refractivity contribution in [3.8, 4) is 0 Å². The van der Waals surface area contributed by atoms with Gasteiger partial charge in [-0.1, -0.05) is 32.9 Å². The molecule has 0 unspecified atom stereocenters. The number of carbonyl (C=O) groups is 3. The second-order valence-corrected chi connectivity index (χ2v) is 12.5.